The van der Waals surface area contributed by atoms with Crippen LogP contribution in [-0.2, 0) is 16.1 Å². The van der Waals surface area contributed by atoms with Crippen molar-refractivity contribution in [1.82, 2.24) is 5.32 Å². The number of nitrogens with zero attached hydrogens (tertiary/aromatic N) is 1. The molecule has 0 saturated carbocycles. The Bertz CT molecular complexity index is 846. The van der Waals surface area contributed by atoms with E-state index >= 15 is 0 Å². The number of amides is 1. The van der Waals surface area contributed by atoms with E-state index < -0.39 is 0 Å². The van der Waals surface area contributed by atoms with Gasteiger partial charge in [0.25, 0.3) is 0 Å². The molecule has 1 aliphatic rings. The molecule has 5 nitrogen and oxygen atoms in total. The Balaban J connectivity index is 1.50. The summed E-state index contributed by atoms with van der Waals surface area (Å²) in [6.07, 6.45) is 0.361. The fraction of sp³-hybridized carbons (Fsp3) is 0.391. The van der Waals surface area contributed by atoms with Crippen molar-refractivity contribution in [1.29, 1.82) is 0 Å². The van der Waals surface area contributed by atoms with Crippen LogP contribution in [0.5, 0.6) is 0 Å². The number of ketones is 1. The highest BCUT2D eigenvalue weighted by Gasteiger charge is 2.24. The Morgan fingerprint density at radius 1 is 1.07 bits per heavy atom. The number of hydrogen-bond acceptors (Lipinski definition) is 4. The van der Waals surface area contributed by atoms with Gasteiger partial charge in [0.15, 0.2) is 5.78 Å². The molecule has 1 fully saturated rings. The van der Waals surface area contributed by atoms with Crippen LogP contribution in [0.25, 0.3) is 0 Å². The first-order valence-electron chi connectivity index (χ1n) is 9.96. The Morgan fingerprint density at radius 2 is 1.76 bits per heavy atom. The summed E-state index contributed by atoms with van der Waals surface area (Å²) in [5.74, 6) is -0.600. The summed E-state index contributed by atoms with van der Waals surface area (Å²) >= 11 is 0. The summed E-state index contributed by atoms with van der Waals surface area (Å²) in [6.45, 7) is 5.48. The molecule has 0 aliphatic carbocycles. The number of nitrogens with one attached hydrogen (secondary N) is 1. The van der Waals surface area contributed by atoms with Crippen molar-refractivity contribution >= 4 is 17.4 Å². The van der Waals surface area contributed by atoms with Gasteiger partial charge >= 0.3 is 0 Å². The van der Waals surface area contributed by atoms with Crippen molar-refractivity contribution in [2.75, 3.05) is 18.0 Å². The van der Waals surface area contributed by atoms with Gasteiger partial charge in [0.05, 0.1) is 17.9 Å². The molecule has 3 rings (SSSR count). The molecule has 6 heteroatoms. The minimum absolute atomic E-state index is 0.0516. The maximum Gasteiger partial charge on any atom is 0.220 e. The van der Waals surface area contributed by atoms with Gasteiger partial charge in [0.1, 0.15) is 5.82 Å². The summed E-state index contributed by atoms with van der Waals surface area (Å²) in [6, 6.07) is 13.9. The molecule has 0 spiro atoms. The normalized spacial score (nSPS) is 19.1. The van der Waals surface area contributed by atoms with Crippen molar-refractivity contribution in [3.05, 3.63) is 65.5 Å². The third kappa shape index (κ3) is 5.87. The number of anilines is 1. The highest BCUT2D eigenvalue weighted by atomic mass is 19.1. The van der Waals surface area contributed by atoms with Crippen LogP contribution >= 0.6 is 0 Å². The number of Topliss-reactive ketones (excluding diaryl/α,β-unsaturated/α-hetero) is 1. The lowest BCUT2D eigenvalue weighted by molar-refractivity contribution is -0.121. The van der Waals surface area contributed by atoms with Gasteiger partial charge in [-0.1, -0.05) is 36.4 Å². The Labute approximate surface area is 170 Å². The van der Waals surface area contributed by atoms with Crippen molar-refractivity contribution in [2.24, 2.45) is 0 Å². The number of carbonyl (C=O) groups is 2. The predicted octanol–water partition coefficient (Wildman–Crippen LogP) is 3.72. The van der Waals surface area contributed by atoms with E-state index in [9.17, 15) is 14.0 Å². The number of hydrogen-bond donors (Lipinski definition) is 1. The van der Waals surface area contributed by atoms with E-state index in [1.165, 1.54) is 6.07 Å². The summed E-state index contributed by atoms with van der Waals surface area (Å²) in [5, 5.41) is 2.75. The third-order valence-corrected chi connectivity index (χ3v) is 4.94. The molecule has 1 aliphatic heterocycles. The third-order valence-electron chi connectivity index (χ3n) is 4.94. The average Bonchev–Trinajstić information content (AvgIpc) is 2.70. The minimum Gasteiger partial charge on any atom is -0.372 e. The first-order valence-corrected chi connectivity index (χ1v) is 9.96. The van der Waals surface area contributed by atoms with Crippen LogP contribution in [0.15, 0.2) is 48.5 Å². The molecule has 0 aromatic heterocycles. The number of morpholine rings is 1. The van der Waals surface area contributed by atoms with Gasteiger partial charge in [0, 0.05) is 38.0 Å². The van der Waals surface area contributed by atoms with Gasteiger partial charge in [-0.3, -0.25) is 9.59 Å². The van der Waals surface area contributed by atoms with Gasteiger partial charge in [-0.25, -0.2) is 4.39 Å². The molecule has 1 heterocycles. The second-order valence-electron chi connectivity index (χ2n) is 7.51. The van der Waals surface area contributed by atoms with E-state index in [4.69, 9.17) is 4.74 Å². The standard InChI is InChI=1S/C23H27FN2O3/c1-16-14-26(15-17(2)29-16)21-9-8-18(12-20(21)24)13-25-23(28)11-10-22(27)19-6-4-3-5-7-19/h3-9,12,16-17H,10-11,13-15H2,1-2H3,(H,25,28)/t16-,17+. The molecule has 2 atom stereocenters. The maximum atomic E-state index is 14.6. The van der Waals surface area contributed by atoms with Gasteiger partial charge in [-0.05, 0) is 31.5 Å². The quantitative estimate of drug-likeness (QED) is 0.723. The zero-order valence-corrected chi connectivity index (χ0v) is 16.9. The first kappa shape index (κ1) is 21.0. The second-order valence-corrected chi connectivity index (χ2v) is 7.51. The number of ether oxygens (including phenoxy) is 1. The molecule has 29 heavy (non-hydrogen) atoms. The average molecular weight is 398 g/mol. The van der Waals surface area contributed by atoms with E-state index in [1.807, 2.05) is 30.9 Å². The SMILES string of the molecule is C[C@@H]1CN(c2ccc(CNC(=O)CCC(=O)c3ccccc3)cc2F)C[C@H](C)O1. The Kier molecular flexibility index (Phi) is 6.99. The number of carbonyl (C=O) groups excluding carboxylic acids is 2. The van der Waals surface area contributed by atoms with E-state index in [0.29, 0.717) is 29.9 Å². The van der Waals surface area contributed by atoms with Crippen LogP contribution in [0.3, 0.4) is 0 Å². The van der Waals surface area contributed by atoms with Crippen LogP contribution in [0.1, 0.15) is 42.6 Å². The van der Waals surface area contributed by atoms with Gasteiger partial charge < -0.3 is 15.0 Å². The van der Waals surface area contributed by atoms with E-state index in [1.54, 1.807) is 30.3 Å². The zero-order valence-electron chi connectivity index (χ0n) is 16.9. The molecular weight excluding hydrogens is 371 g/mol. The highest BCUT2D eigenvalue weighted by Crippen LogP contribution is 2.24. The van der Waals surface area contributed by atoms with Gasteiger partial charge in [-0.15, -0.1) is 0 Å². The van der Waals surface area contributed by atoms with Crippen LogP contribution in [0.2, 0.25) is 0 Å². The van der Waals surface area contributed by atoms with Crippen LogP contribution < -0.4 is 10.2 Å². The number of benzene rings is 2. The smallest absolute Gasteiger partial charge is 0.220 e. The molecule has 0 radical (unpaired) electrons. The highest BCUT2D eigenvalue weighted by molar-refractivity contribution is 5.97. The monoisotopic (exact) mass is 398 g/mol. The lowest BCUT2D eigenvalue weighted by Crippen LogP contribution is -2.45. The zero-order chi connectivity index (χ0) is 20.8. The number of halogens is 1. The van der Waals surface area contributed by atoms with Crippen LogP contribution in [0, 0.1) is 5.82 Å². The predicted molar refractivity (Wildman–Crippen MR) is 110 cm³/mol. The largest absolute Gasteiger partial charge is 0.372 e. The lowest BCUT2D eigenvalue weighted by atomic mass is 10.1. The molecule has 0 unspecified atom stereocenters. The molecule has 1 amide bonds. The van der Waals surface area contributed by atoms with Gasteiger partial charge in [0.2, 0.25) is 5.91 Å². The first-order chi connectivity index (χ1) is 13.9. The molecule has 154 valence electrons. The molecule has 2 aromatic rings. The maximum absolute atomic E-state index is 14.6. The fourth-order valence-electron chi connectivity index (χ4n) is 3.58. The van der Waals surface area contributed by atoms with E-state index in [-0.39, 0.29) is 49.1 Å². The van der Waals surface area contributed by atoms with E-state index in [0.717, 1.165) is 0 Å². The summed E-state index contributed by atoms with van der Waals surface area (Å²) < 4.78 is 20.3. The van der Waals surface area contributed by atoms with Crippen molar-refractivity contribution in [3.63, 3.8) is 0 Å². The summed E-state index contributed by atoms with van der Waals surface area (Å²) in [5.41, 5.74) is 1.84. The van der Waals surface area contributed by atoms with Crippen LogP contribution in [0.4, 0.5) is 10.1 Å². The topological polar surface area (TPSA) is 58.6 Å². The van der Waals surface area contributed by atoms with Crippen molar-refractivity contribution in [3.8, 4) is 0 Å². The minimum atomic E-state index is -0.308. The molecule has 2 aromatic carbocycles. The second kappa shape index (κ2) is 9.65. The molecular formula is C23H27FN2O3. The lowest BCUT2D eigenvalue weighted by Gasteiger charge is -2.37. The van der Waals surface area contributed by atoms with Crippen molar-refractivity contribution < 1.29 is 18.7 Å². The van der Waals surface area contributed by atoms with Gasteiger partial charge in [-0.2, -0.15) is 0 Å². The Hall–Kier alpha value is -2.73. The fourth-order valence-corrected chi connectivity index (χ4v) is 3.58. The molecule has 1 saturated heterocycles. The van der Waals surface area contributed by atoms with Crippen LogP contribution in [-0.4, -0.2) is 37.0 Å². The Morgan fingerprint density at radius 3 is 2.41 bits per heavy atom. The number of rotatable bonds is 7. The molecule has 1 N–H and O–H groups in total. The summed E-state index contributed by atoms with van der Waals surface area (Å²) in [7, 11) is 0. The molecule has 0 bridgehead atoms. The van der Waals surface area contributed by atoms with Crippen molar-refractivity contribution in [2.45, 2.75) is 45.4 Å². The summed E-state index contributed by atoms with van der Waals surface area (Å²) in [4.78, 5) is 26.1. The van der Waals surface area contributed by atoms with E-state index in [2.05, 4.69) is 5.32 Å².